The summed E-state index contributed by atoms with van der Waals surface area (Å²) in [4.78, 5) is 25.4. The van der Waals surface area contributed by atoms with Crippen LogP contribution in [0, 0.1) is 5.92 Å². The van der Waals surface area contributed by atoms with Gasteiger partial charge in [0.05, 0.1) is 17.9 Å². The van der Waals surface area contributed by atoms with E-state index in [1.807, 2.05) is 0 Å². The Balaban J connectivity index is 1.88. The Morgan fingerprint density at radius 3 is 2.19 bits per heavy atom. The van der Waals surface area contributed by atoms with Crippen molar-refractivity contribution in [3.05, 3.63) is 29.8 Å². The van der Waals surface area contributed by atoms with Gasteiger partial charge in [0.2, 0.25) is 15.9 Å². The molecule has 1 saturated heterocycles. The zero-order valence-corrected chi connectivity index (χ0v) is 17.0. The van der Waals surface area contributed by atoms with Gasteiger partial charge in [-0.2, -0.15) is 4.31 Å². The van der Waals surface area contributed by atoms with Crippen molar-refractivity contribution in [3.63, 3.8) is 0 Å². The molecule has 1 aliphatic rings. The highest BCUT2D eigenvalue weighted by Gasteiger charge is 2.30. The van der Waals surface area contributed by atoms with Crippen LogP contribution >= 0.6 is 0 Å². The molecular weight excluding hydrogens is 368 g/mol. The number of rotatable bonds is 8. The lowest BCUT2D eigenvalue weighted by Crippen LogP contribution is -2.50. The SMILES string of the molecule is CC(=O)c1ccc(S(=O)(=O)N2CCN(C(=O)CCOCC(C)C)CC2)cc1. The lowest BCUT2D eigenvalue weighted by atomic mass is 10.2. The second-order valence-corrected chi connectivity index (χ2v) is 9.02. The molecule has 1 aliphatic heterocycles. The van der Waals surface area contributed by atoms with Gasteiger partial charge in [-0.1, -0.05) is 26.0 Å². The first kappa shape index (κ1) is 21.5. The van der Waals surface area contributed by atoms with Crippen LogP contribution in [-0.4, -0.2) is 68.7 Å². The van der Waals surface area contributed by atoms with Crippen LogP contribution < -0.4 is 0 Å². The fraction of sp³-hybridized carbons (Fsp3) is 0.579. The standard InChI is InChI=1S/C19H28N2O5S/c1-15(2)14-26-13-8-19(23)20-9-11-21(12-10-20)27(24,25)18-6-4-17(5-7-18)16(3)22/h4-7,15H,8-14H2,1-3H3. The van der Waals surface area contributed by atoms with Crippen molar-refractivity contribution in [2.75, 3.05) is 39.4 Å². The number of benzene rings is 1. The number of hydrogen-bond acceptors (Lipinski definition) is 5. The summed E-state index contributed by atoms with van der Waals surface area (Å²) in [6.07, 6.45) is 0.311. The average molecular weight is 397 g/mol. The summed E-state index contributed by atoms with van der Waals surface area (Å²) in [5.74, 6) is 0.309. The van der Waals surface area contributed by atoms with Gasteiger partial charge in [-0.05, 0) is 25.0 Å². The molecule has 7 nitrogen and oxygen atoms in total. The lowest BCUT2D eigenvalue weighted by molar-refractivity contribution is -0.133. The largest absolute Gasteiger partial charge is 0.381 e. The molecule has 0 saturated carbocycles. The van der Waals surface area contributed by atoms with E-state index in [1.165, 1.54) is 35.5 Å². The van der Waals surface area contributed by atoms with Crippen molar-refractivity contribution in [1.82, 2.24) is 9.21 Å². The van der Waals surface area contributed by atoms with Crippen molar-refractivity contribution >= 4 is 21.7 Å². The Kier molecular flexibility index (Phi) is 7.52. The molecule has 0 N–H and O–H groups in total. The number of ether oxygens (including phenoxy) is 1. The van der Waals surface area contributed by atoms with Gasteiger partial charge in [0.15, 0.2) is 5.78 Å². The van der Waals surface area contributed by atoms with E-state index < -0.39 is 10.0 Å². The van der Waals surface area contributed by atoms with Crippen LogP contribution in [-0.2, 0) is 19.6 Å². The first-order valence-electron chi connectivity index (χ1n) is 9.18. The van der Waals surface area contributed by atoms with Crippen LogP contribution in [0.3, 0.4) is 0 Å². The van der Waals surface area contributed by atoms with Crippen LogP contribution in [0.1, 0.15) is 37.6 Å². The van der Waals surface area contributed by atoms with Crippen LogP contribution in [0.25, 0.3) is 0 Å². The fourth-order valence-corrected chi connectivity index (χ4v) is 4.25. The molecule has 1 aromatic carbocycles. The molecule has 0 aliphatic carbocycles. The van der Waals surface area contributed by atoms with Crippen LogP contribution in [0.15, 0.2) is 29.2 Å². The number of ketones is 1. The number of hydrogen-bond donors (Lipinski definition) is 0. The van der Waals surface area contributed by atoms with Crippen molar-refractivity contribution in [1.29, 1.82) is 0 Å². The van der Waals surface area contributed by atoms with E-state index in [0.29, 0.717) is 44.2 Å². The number of sulfonamides is 1. The Labute approximate surface area is 161 Å². The lowest BCUT2D eigenvalue weighted by Gasteiger charge is -2.34. The normalized spacial score (nSPS) is 15.9. The molecule has 1 aromatic rings. The molecule has 1 amide bonds. The highest BCUT2D eigenvalue weighted by Crippen LogP contribution is 2.19. The van der Waals surface area contributed by atoms with Crippen molar-refractivity contribution in [3.8, 4) is 0 Å². The highest BCUT2D eigenvalue weighted by atomic mass is 32.2. The molecule has 2 rings (SSSR count). The first-order valence-corrected chi connectivity index (χ1v) is 10.6. The molecule has 0 spiro atoms. The maximum Gasteiger partial charge on any atom is 0.243 e. The second kappa shape index (κ2) is 9.43. The average Bonchev–Trinajstić information content (AvgIpc) is 2.65. The minimum absolute atomic E-state index is 0.0124. The maximum absolute atomic E-state index is 12.7. The van der Waals surface area contributed by atoms with Gasteiger partial charge in [-0.25, -0.2) is 8.42 Å². The number of carbonyl (C=O) groups excluding carboxylic acids is 2. The summed E-state index contributed by atoms with van der Waals surface area (Å²) in [6, 6.07) is 5.95. The molecule has 0 atom stereocenters. The number of piperazine rings is 1. The Bertz CT molecular complexity index is 751. The molecule has 1 heterocycles. The molecule has 0 radical (unpaired) electrons. The van der Waals surface area contributed by atoms with Crippen LogP contribution in [0.2, 0.25) is 0 Å². The van der Waals surface area contributed by atoms with E-state index in [-0.39, 0.29) is 29.7 Å². The van der Waals surface area contributed by atoms with Gasteiger partial charge in [0, 0.05) is 38.3 Å². The van der Waals surface area contributed by atoms with Gasteiger partial charge in [-0.3, -0.25) is 9.59 Å². The van der Waals surface area contributed by atoms with Crippen LogP contribution in [0.4, 0.5) is 0 Å². The number of nitrogens with zero attached hydrogens (tertiary/aromatic N) is 2. The molecule has 150 valence electrons. The Hall–Kier alpha value is -1.77. The van der Waals surface area contributed by atoms with Crippen molar-refractivity contribution in [2.24, 2.45) is 5.92 Å². The Morgan fingerprint density at radius 2 is 1.67 bits per heavy atom. The number of amides is 1. The summed E-state index contributed by atoms with van der Waals surface area (Å²) in [7, 11) is -3.62. The summed E-state index contributed by atoms with van der Waals surface area (Å²) in [6.45, 7) is 7.81. The minimum Gasteiger partial charge on any atom is -0.381 e. The molecule has 1 fully saturated rings. The van der Waals surface area contributed by atoms with Gasteiger partial charge in [0.1, 0.15) is 0 Å². The quantitative estimate of drug-likeness (QED) is 0.494. The smallest absolute Gasteiger partial charge is 0.243 e. The van der Waals surface area contributed by atoms with E-state index in [0.717, 1.165) is 0 Å². The van der Waals surface area contributed by atoms with Gasteiger partial charge < -0.3 is 9.64 Å². The highest BCUT2D eigenvalue weighted by molar-refractivity contribution is 7.89. The third-order valence-electron chi connectivity index (χ3n) is 4.40. The topological polar surface area (TPSA) is 84.0 Å². The van der Waals surface area contributed by atoms with E-state index in [4.69, 9.17) is 4.74 Å². The fourth-order valence-electron chi connectivity index (χ4n) is 2.83. The van der Waals surface area contributed by atoms with E-state index in [9.17, 15) is 18.0 Å². The van der Waals surface area contributed by atoms with Crippen molar-refractivity contribution in [2.45, 2.75) is 32.1 Å². The summed E-state index contributed by atoms with van der Waals surface area (Å²) >= 11 is 0. The Morgan fingerprint density at radius 1 is 1.07 bits per heavy atom. The maximum atomic E-state index is 12.7. The van der Waals surface area contributed by atoms with E-state index in [1.54, 1.807) is 4.90 Å². The second-order valence-electron chi connectivity index (χ2n) is 7.08. The molecule has 0 aromatic heterocycles. The van der Waals surface area contributed by atoms with Gasteiger partial charge >= 0.3 is 0 Å². The molecule has 0 bridgehead atoms. The van der Waals surface area contributed by atoms with E-state index >= 15 is 0 Å². The molecule has 27 heavy (non-hydrogen) atoms. The molecule has 0 unspecified atom stereocenters. The summed E-state index contributed by atoms with van der Waals surface area (Å²) in [5.41, 5.74) is 0.476. The predicted octanol–water partition coefficient (Wildman–Crippen LogP) is 1.78. The third-order valence-corrected chi connectivity index (χ3v) is 6.31. The molecule has 8 heteroatoms. The zero-order valence-electron chi connectivity index (χ0n) is 16.2. The van der Waals surface area contributed by atoms with Gasteiger partial charge in [0.25, 0.3) is 0 Å². The third kappa shape index (κ3) is 5.85. The predicted molar refractivity (Wildman–Crippen MR) is 102 cm³/mol. The van der Waals surface area contributed by atoms with Crippen LogP contribution in [0.5, 0.6) is 0 Å². The summed E-state index contributed by atoms with van der Waals surface area (Å²) < 4.78 is 32.3. The monoisotopic (exact) mass is 396 g/mol. The minimum atomic E-state index is -3.62. The van der Waals surface area contributed by atoms with E-state index in [2.05, 4.69) is 13.8 Å². The first-order chi connectivity index (χ1) is 12.7. The zero-order chi connectivity index (χ0) is 20.0. The van der Waals surface area contributed by atoms with Crippen molar-refractivity contribution < 1.29 is 22.7 Å². The number of carbonyl (C=O) groups is 2. The summed E-state index contributed by atoms with van der Waals surface area (Å²) in [5, 5.41) is 0. The van der Waals surface area contributed by atoms with Gasteiger partial charge in [-0.15, -0.1) is 0 Å². The molecular formula is C19H28N2O5S. The number of Topliss-reactive ketones (excluding diaryl/α,β-unsaturated/α-hetero) is 1.